The summed E-state index contributed by atoms with van der Waals surface area (Å²) < 4.78 is 0. The zero-order valence-electron chi connectivity index (χ0n) is 15.3. The van der Waals surface area contributed by atoms with Gasteiger partial charge in [-0.05, 0) is 27.7 Å². The van der Waals surface area contributed by atoms with E-state index < -0.39 is 48.3 Å². The average molecular weight is 454 g/mol. The van der Waals surface area contributed by atoms with Crippen LogP contribution in [0.5, 0.6) is 0 Å². The largest absolute Gasteiger partial charge is 2.00 e. The molecule has 0 amide bonds. The predicted molar refractivity (Wildman–Crippen MR) is 81.9 cm³/mol. The minimum absolute atomic E-state index is 0. The van der Waals surface area contributed by atoms with Crippen LogP contribution in [0.15, 0.2) is 0 Å². The van der Waals surface area contributed by atoms with Gasteiger partial charge in [0.15, 0.2) is 0 Å². The van der Waals surface area contributed by atoms with Crippen molar-refractivity contribution in [3.63, 3.8) is 0 Å². The summed E-state index contributed by atoms with van der Waals surface area (Å²) in [4.78, 5) is 37.4. The van der Waals surface area contributed by atoms with Crippen molar-refractivity contribution < 1.29 is 65.5 Å². The number of carbonyl (C=O) groups excluding carboxylic acids is 4. The molecular weight excluding hydrogens is 432 g/mol. The van der Waals surface area contributed by atoms with Gasteiger partial charge in [-0.2, -0.15) is 0 Å². The Hall–Kier alpha value is 0.199. The Kier molecular flexibility index (Phi) is 48.1. The van der Waals surface area contributed by atoms with Crippen molar-refractivity contribution in [2.45, 2.75) is 52.1 Å². The van der Waals surface area contributed by atoms with Gasteiger partial charge in [0.05, 0.1) is 48.3 Å². The predicted octanol–water partition coefficient (Wildman–Crippen LogP) is -9.12. The van der Waals surface area contributed by atoms with E-state index >= 15 is 0 Å². The van der Waals surface area contributed by atoms with Crippen LogP contribution in [-0.4, -0.2) is 150 Å². The molecule has 0 bridgehead atoms. The average Bonchev–Trinajstić information content (AvgIpc) is 2.40. The number of aliphatic carboxylic acids is 4. The van der Waals surface area contributed by atoms with Crippen molar-refractivity contribution in [1.82, 2.24) is 0 Å². The number of hydrogen-bond acceptors (Lipinski definition) is 12. The molecule has 0 saturated heterocycles. The molecular formula is C12H22Ca2O13. The molecule has 0 radical (unpaired) electrons. The Labute approximate surface area is 214 Å². The van der Waals surface area contributed by atoms with Crippen LogP contribution in [0.1, 0.15) is 27.7 Å². The quantitative estimate of drug-likeness (QED) is 0.288. The first kappa shape index (κ1) is 45.8. The van der Waals surface area contributed by atoms with Crippen LogP contribution in [0.2, 0.25) is 0 Å². The molecule has 152 valence electrons. The Morgan fingerprint density at radius 3 is 0.556 bits per heavy atom. The van der Waals surface area contributed by atoms with Gasteiger partial charge < -0.3 is 65.5 Å². The van der Waals surface area contributed by atoms with Gasteiger partial charge in [-0.1, -0.05) is 0 Å². The monoisotopic (exact) mass is 454 g/mol. The summed E-state index contributed by atoms with van der Waals surface area (Å²) >= 11 is 0. The second-order valence-electron chi connectivity index (χ2n) is 3.98. The summed E-state index contributed by atoms with van der Waals surface area (Å²) in [7, 11) is 0. The van der Waals surface area contributed by atoms with Gasteiger partial charge in [0, 0.05) is 0 Å². The minimum atomic E-state index is -1.44. The van der Waals surface area contributed by atoms with E-state index in [0.29, 0.717) is 0 Å². The van der Waals surface area contributed by atoms with E-state index in [1.54, 1.807) is 0 Å². The molecule has 6 N–H and O–H groups in total. The van der Waals surface area contributed by atoms with Crippen molar-refractivity contribution in [1.29, 1.82) is 0 Å². The summed E-state index contributed by atoms with van der Waals surface area (Å²) in [6.45, 7) is 4.54. The van der Waals surface area contributed by atoms with Crippen LogP contribution in [0.25, 0.3) is 0 Å². The molecule has 0 aliphatic heterocycles. The van der Waals surface area contributed by atoms with E-state index in [1.807, 2.05) is 0 Å². The minimum Gasteiger partial charge on any atom is -0.547 e. The van der Waals surface area contributed by atoms with Gasteiger partial charge in [-0.25, -0.2) is 0 Å². The van der Waals surface area contributed by atoms with E-state index in [0.717, 1.165) is 27.7 Å². The van der Waals surface area contributed by atoms with Crippen molar-refractivity contribution in [3.8, 4) is 0 Å². The summed E-state index contributed by atoms with van der Waals surface area (Å²) in [6.07, 6.45) is -5.37. The van der Waals surface area contributed by atoms with Crippen LogP contribution < -0.4 is 20.4 Å². The number of carboxylic acid groups (broad SMARTS) is 4. The first-order valence-corrected chi connectivity index (χ1v) is 6.13. The number of rotatable bonds is 4. The maximum atomic E-state index is 9.34. The second-order valence-corrected chi connectivity index (χ2v) is 3.98. The zero-order chi connectivity index (χ0) is 20.6. The fraction of sp³-hybridized carbons (Fsp3) is 0.667. The van der Waals surface area contributed by atoms with E-state index in [1.165, 1.54) is 0 Å². The standard InChI is InChI=1S/4C3H6O3.2Ca.H2O/c4*1-2(4)3(5)6;;;/h4*2,4H,1H3,(H,5,6);;;1H2/q;;;;2*+2;/p-4. The first-order chi connectivity index (χ1) is 10.6. The number of carbonyl (C=O) groups is 4. The van der Waals surface area contributed by atoms with Crippen LogP contribution >= 0.6 is 0 Å². The van der Waals surface area contributed by atoms with Crippen LogP contribution in [0, 0.1) is 0 Å². The van der Waals surface area contributed by atoms with Crippen molar-refractivity contribution >= 4 is 99.4 Å². The van der Waals surface area contributed by atoms with E-state index in [4.69, 9.17) is 20.4 Å². The maximum Gasteiger partial charge on any atom is 2.00 e. The molecule has 27 heavy (non-hydrogen) atoms. The van der Waals surface area contributed by atoms with E-state index in [-0.39, 0.29) is 81.0 Å². The SMILES string of the molecule is CC(O)C(=O)[O-].CC(O)C(=O)[O-].CC(O)C(=O)[O-].CC(O)C(=O)[O-].O.[Ca+2].[Ca+2]. The van der Waals surface area contributed by atoms with Gasteiger partial charge in [0.25, 0.3) is 0 Å². The first-order valence-electron chi connectivity index (χ1n) is 6.13. The third-order valence-electron chi connectivity index (χ3n) is 1.36. The molecule has 0 heterocycles. The molecule has 0 fully saturated rings. The van der Waals surface area contributed by atoms with Gasteiger partial charge in [-0.3, -0.25) is 0 Å². The Morgan fingerprint density at radius 1 is 0.519 bits per heavy atom. The molecule has 4 unspecified atom stereocenters. The van der Waals surface area contributed by atoms with Gasteiger partial charge in [-0.15, -0.1) is 0 Å². The van der Waals surface area contributed by atoms with Crippen LogP contribution in [-0.2, 0) is 19.2 Å². The molecule has 0 aliphatic carbocycles. The summed E-state index contributed by atoms with van der Waals surface area (Å²) in [5, 5.41) is 69.2. The van der Waals surface area contributed by atoms with Crippen molar-refractivity contribution in [2.75, 3.05) is 0 Å². The Bertz CT molecular complexity index is 311. The molecule has 0 aromatic rings. The van der Waals surface area contributed by atoms with Crippen molar-refractivity contribution in [3.05, 3.63) is 0 Å². The Morgan fingerprint density at radius 2 is 0.556 bits per heavy atom. The molecule has 0 aromatic heterocycles. The second kappa shape index (κ2) is 28.4. The third kappa shape index (κ3) is 58.5. The molecule has 0 spiro atoms. The topological polar surface area (TPSA) is 273 Å². The smallest absolute Gasteiger partial charge is 0.547 e. The van der Waals surface area contributed by atoms with E-state index in [9.17, 15) is 39.6 Å². The number of aliphatic hydroxyl groups is 4. The molecule has 0 rings (SSSR count). The number of aliphatic hydroxyl groups excluding tert-OH is 4. The fourth-order valence-corrected chi connectivity index (χ4v) is 0. The normalized spacial score (nSPS) is 12.1. The zero-order valence-corrected chi connectivity index (χ0v) is 19.7. The van der Waals surface area contributed by atoms with Crippen LogP contribution in [0.3, 0.4) is 0 Å². The number of hydrogen-bond donors (Lipinski definition) is 4. The maximum absolute atomic E-state index is 9.34. The van der Waals surface area contributed by atoms with Gasteiger partial charge >= 0.3 is 75.5 Å². The van der Waals surface area contributed by atoms with Crippen molar-refractivity contribution in [2.24, 2.45) is 0 Å². The Balaban J connectivity index is -0.0000000381. The molecule has 0 aliphatic rings. The van der Waals surface area contributed by atoms with Gasteiger partial charge in [0.2, 0.25) is 0 Å². The van der Waals surface area contributed by atoms with E-state index in [2.05, 4.69) is 0 Å². The van der Waals surface area contributed by atoms with Gasteiger partial charge in [0.1, 0.15) is 0 Å². The van der Waals surface area contributed by atoms with Crippen LogP contribution in [0.4, 0.5) is 0 Å². The third-order valence-corrected chi connectivity index (χ3v) is 1.36. The fourth-order valence-electron chi connectivity index (χ4n) is 0. The molecule has 4 atom stereocenters. The summed E-state index contributed by atoms with van der Waals surface area (Å²) in [6, 6.07) is 0. The summed E-state index contributed by atoms with van der Waals surface area (Å²) in [5.41, 5.74) is 0. The molecule has 0 saturated carbocycles. The molecule has 0 aromatic carbocycles. The molecule has 13 nitrogen and oxygen atoms in total. The summed E-state index contributed by atoms with van der Waals surface area (Å²) in [5.74, 6) is -5.74. The molecule has 15 heteroatoms. The number of carboxylic acids is 4.